The number of halogens is 1. The zero-order valence-electron chi connectivity index (χ0n) is 10.9. The molecule has 0 amide bonds. The quantitative estimate of drug-likeness (QED) is 0.640. The Balaban J connectivity index is 2.45. The van der Waals surface area contributed by atoms with Crippen molar-refractivity contribution in [3.63, 3.8) is 0 Å². The number of aromatic nitrogens is 2. The normalized spacial score (nSPS) is 11.1. The van der Waals surface area contributed by atoms with Crippen molar-refractivity contribution in [2.45, 2.75) is 13.0 Å². The number of methoxy groups -OCH3 is 2. The molecule has 0 unspecified atom stereocenters. The minimum Gasteiger partial charge on any atom is -0.385 e. The van der Waals surface area contributed by atoms with E-state index in [1.165, 1.54) is 0 Å². The standard InChI is InChI=1S/C12H20ClN3O2/c1-17-6-3-4-16(5-7-18-2)10-11-8-15-12(13)9-14-11/h8-9H,3-7,10H2,1-2H3. The Morgan fingerprint density at radius 2 is 1.89 bits per heavy atom. The maximum Gasteiger partial charge on any atom is 0.147 e. The molecule has 1 aromatic heterocycles. The first kappa shape index (κ1) is 15.3. The van der Waals surface area contributed by atoms with Crippen LogP contribution in [0.1, 0.15) is 12.1 Å². The molecule has 0 saturated heterocycles. The maximum absolute atomic E-state index is 5.71. The Labute approximate surface area is 113 Å². The number of ether oxygens (including phenoxy) is 2. The van der Waals surface area contributed by atoms with Gasteiger partial charge in [-0.15, -0.1) is 0 Å². The van der Waals surface area contributed by atoms with Crippen molar-refractivity contribution in [1.82, 2.24) is 14.9 Å². The van der Waals surface area contributed by atoms with E-state index in [9.17, 15) is 0 Å². The van der Waals surface area contributed by atoms with E-state index in [0.717, 1.165) is 38.4 Å². The summed E-state index contributed by atoms with van der Waals surface area (Å²) in [5.74, 6) is 0. The third kappa shape index (κ3) is 6.26. The predicted molar refractivity (Wildman–Crippen MR) is 70.7 cm³/mol. The third-order valence-corrected chi connectivity index (χ3v) is 2.69. The van der Waals surface area contributed by atoms with Gasteiger partial charge in [0.25, 0.3) is 0 Å². The second kappa shape index (κ2) is 9.22. The van der Waals surface area contributed by atoms with Gasteiger partial charge in [0.2, 0.25) is 0 Å². The molecule has 0 aromatic carbocycles. The fourth-order valence-electron chi connectivity index (χ4n) is 1.57. The summed E-state index contributed by atoms with van der Waals surface area (Å²) >= 11 is 5.71. The summed E-state index contributed by atoms with van der Waals surface area (Å²) in [5, 5.41) is 0.418. The lowest BCUT2D eigenvalue weighted by Crippen LogP contribution is -2.29. The summed E-state index contributed by atoms with van der Waals surface area (Å²) in [6, 6.07) is 0. The van der Waals surface area contributed by atoms with E-state index in [0.29, 0.717) is 11.8 Å². The number of rotatable bonds is 9. The van der Waals surface area contributed by atoms with Crippen molar-refractivity contribution < 1.29 is 9.47 Å². The van der Waals surface area contributed by atoms with Gasteiger partial charge in [-0.05, 0) is 6.42 Å². The van der Waals surface area contributed by atoms with E-state index < -0.39 is 0 Å². The highest BCUT2D eigenvalue weighted by Crippen LogP contribution is 2.05. The summed E-state index contributed by atoms with van der Waals surface area (Å²) in [4.78, 5) is 10.5. The van der Waals surface area contributed by atoms with Gasteiger partial charge in [-0.25, -0.2) is 4.98 Å². The van der Waals surface area contributed by atoms with Gasteiger partial charge in [-0.3, -0.25) is 9.88 Å². The van der Waals surface area contributed by atoms with Crippen molar-refractivity contribution in [3.8, 4) is 0 Å². The molecule has 5 nitrogen and oxygen atoms in total. The van der Waals surface area contributed by atoms with Gasteiger partial charge in [0.1, 0.15) is 5.15 Å². The average molecular weight is 274 g/mol. The Morgan fingerprint density at radius 3 is 2.50 bits per heavy atom. The molecular weight excluding hydrogens is 254 g/mol. The van der Waals surface area contributed by atoms with Gasteiger partial charge < -0.3 is 9.47 Å². The number of nitrogens with zero attached hydrogens (tertiary/aromatic N) is 3. The van der Waals surface area contributed by atoms with Crippen LogP contribution < -0.4 is 0 Å². The van der Waals surface area contributed by atoms with E-state index in [2.05, 4.69) is 14.9 Å². The third-order valence-electron chi connectivity index (χ3n) is 2.49. The van der Waals surface area contributed by atoms with E-state index in [-0.39, 0.29) is 0 Å². The molecule has 0 aliphatic rings. The Kier molecular flexibility index (Phi) is 7.84. The van der Waals surface area contributed by atoms with Crippen molar-refractivity contribution in [2.75, 3.05) is 40.5 Å². The van der Waals surface area contributed by atoms with Gasteiger partial charge in [-0.2, -0.15) is 0 Å². The molecule has 18 heavy (non-hydrogen) atoms. The molecule has 0 aliphatic heterocycles. The van der Waals surface area contributed by atoms with Crippen LogP contribution in [-0.4, -0.2) is 55.4 Å². The van der Waals surface area contributed by atoms with E-state index in [1.807, 2.05) is 0 Å². The molecule has 6 heteroatoms. The molecule has 0 fully saturated rings. The van der Waals surface area contributed by atoms with Gasteiger partial charge in [-0.1, -0.05) is 11.6 Å². The molecule has 0 aliphatic carbocycles. The first-order valence-corrected chi connectivity index (χ1v) is 6.30. The summed E-state index contributed by atoms with van der Waals surface area (Å²) in [6.45, 7) is 4.02. The highest BCUT2D eigenvalue weighted by Gasteiger charge is 2.07. The predicted octanol–water partition coefficient (Wildman–Crippen LogP) is 1.61. The molecule has 1 aromatic rings. The van der Waals surface area contributed by atoms with Crippen LogP contribution in [-0.2, 0) is 16.0 Å². The molecule has 102 valence electrons. The smallest absolute Gasteiger partial charge is 0.147 e. The maximum atomic E-state index is 5.71. The zero-order valence-corrected chi connectivity index (χ0v) is 11.7. The Bertz CT molecular complexity index is 322. The average Bonchev–Trinajstić information content (AvgIpc) is 2.38. The van der Waals surface area contributed by atoms with Crippen LogP contribution in [0.3, 0.4) is 0 Å². The zero-order chi connectivity index (χ0) is 13.2. The molecule has 1 rings (SSSR count). The second-order valence-corrected chi connectivity index (χ2v) is 4.33. The van der Waals surface area contributed by atoms with Crippen molar-refractivity contribution >= 4 is 11.6 Å². The van der Waals surface area contributed by atoms with Crippen molar-refractivity contribution in [2.24, 2.45) is 0 Å². The molecule has 0 N–H and O–H groups in total. The lowest BCUT2D eigenvalue weighted by atomic mass is 10.3. The summed E-state index contributed by atoms with van der Waals surface area (Å²) in [5.41, 5.74) is 0.910. The molecule has 0 spiro atoms. The topological polar surface area (TPSA) is 47.5 Å². The van der Waals surface area contributed by atoms with Gasteiger partial charge in [0.15, 0.2) is 0 Å². The number of hydrogen-bond acceptors (Lipinski definition) is 5. The van der Waals surface area contributed by atoms with Crippen LogP contribution in [0.15, 0.2) is 12.4 Å². The number of hydrogen-bond donors (Lipinski definition) is 0. The van der Waals surface area contributed by atoms with Gasteiger partial charge in [0, 0.05) is 40.5 Å². The highest BCUT2D eigenvalue weighted by molar-refractivity contribution is 6.29. The van der Waals surface area contributed by atoms with Gasteiger partial charge in [0.05, 0.1) is 24.7 Å². The van der Waals surface area contributed by atoms with E-state index in [4.69, 9.17) is 21.1 Å². The Hall–Kier alpha value is -0.750. The van der Waals surface area contributed by atoms with Crippen LogP contribution in [0.25, 0.3) is 0 Å². The fourth-order valence-corrected chi connectivity index (χ4v) is 1.67. The monoisotopic (exact) mass is 273 g/mol. The highest BCUT2D eigenvalue weighted by atomic mass is 35.5. The molecule has 1 heterocycles. The van der Waals surface area contributed by atoms with E-state index >= 15 is 0 Å². The first-order valence-electron chi connectivity index (χ1n) is 5.93. The summed E-state index contributed by atoms with van der Waals surface area (Å²) in [7, 11) is 3.42. The Morgan fingerprint density at radius 1 is 1.11 bits per heavy atom. The molecule has 0 bridgehead atoms. The molecular formula is C12H20ClN3O2. The van der Waals surface area contributed by atoms with Crippen LogP contribution in [0.2, 0.25) is 5.15 Å². The van der Waals surface area contributed by atoms with Crippen LogP contribution in [0.4, 0.5) is 0 Å². The van der Waals surface area contributed by atoms with Crippen LogP contribution >= 0.6 is 11.6 Å². The summed E-state index contributed by atoms with van der Waals surface area (Å²) in [6.07, 6.45) is 4.26. The molecule has 0 atom stereocenters. The fraction of sp³-hybridized carbons (Fsp3) is 0.667. The van der Waals surface area contributed by atoms with E-state index in [1.54, 1.807) is 26.6 Å². The molecule has 0 radical (unpaired) electrons. The minimum atomic E-state index is 0.418. The molecule has 0 saturated carbocycles. The van der Waals surface area contributed by atoms with Crippen molar-refractivity contribution in [1.29, 1.82) is 0 Å². The SMILES string of the molecule is COCCCN(CCOC)Cc1cnc(Cl)cn1. The summed E-state index contributed by atoms with van der Waals surface area (Å²) < 4.78 is 10.2. The lowest BCUT2D eigenvalue weighted by Gasteiger charge is -2.21. The first-order chi connectivity index (χ1) is 8.76. The van der Waals surface area contributed by atoms with Crippen LogP contribution in [0, 0.1) is 0 Å². The minimum absolute atomic E-state index is 0.418. The van der Waals surface area contributed by atoms with Crippen molar-refractivity contribution in [3.05, 3.63) is 23.2 Å². The second-order valence-electron chi connectivity index (χ2n) is 3.95. The largest absolute Gasteiger partial charge is 0.385 e. The van der Waals surface area contributed by atoms with Crippen LogP contribution in [0.5, 0.6) is 0 Å². The van der Waals surface area contributed by atoms with Gasteiger partial charge >= 0.3 is 0 Å². The lowest BCUT2D eigenvalue weighted by molar-refractivity contribution is 0.128.